The summed E-state index contributed by atoms with van der Waals surface area (Å²) < 4.78 is 0.820. The lowest BCUT2D eigenvalue weighted by Crippen LogP contribution is -2.13. The molecule has 0 spiro atoms. The van der Waals surface area contributed by atoms with Crippen molar-refractivity contribution in [3.63, 3.8) is 0 Å². The van der Waals surface area contributed by atoms with Crippen molar-refractivity contribution in [3.05, 3.63) is 41.6 Å². The number of hydrogen-bond donors (Lipinski definition) is 1. The quantitative estimate of drug-likeness (QED) is 0.593. The number of amides is 1. The Hall–Kier alpha value is -1.99. The molecule has 7 heteroatoms. The van der Waals surface area contributed by atoms with Crippen LogP contribution in [0.5, 0.6) is 0 Å². The zero-order chi connectivity index (χ0) is 14.8. The van der Waals surface area contributed by atoms with E-state index in [9.17, 15) is 4.79 Å². The number of anilines is 1. The molecule has 2 heterocycles. The summed E-state index contributed by atoms with van der Waals surface area (Å²) in [5, 5.41) is 12.0. The summed E-state index contributed by atoms with van der Waals surface area (Å²) in [4.78, 5) is 16.9. The van der Waals surface area contributed by atoms with Gasteiger partial charge in [0.15, 0.2) is 4.34 Å². The zero-order valence-electron chi connectivity index (χ0n) is 11.5. The highest BCUT2D eigenvalue weighted by atomic mass is 32.2. The van der Waals surface area contributed by atoms with Crippen LogP contribution in [0.15, 0.2) is 34.7 Å². The molecule has 0 atom stereocenters. The van der Waals surface area contributed by atoms with Crippen LogP contribution in [0.2, 0.25) is 0 Å². The lowest BCUT2D eigenvalue weighted by molar-refractivity contribution is 0.102. The molecule has 0 aliphatic heterocycles. The maximum Gasteiger partial charge on any atom is 0.258 e. The number of thioether (sulfide) groups is 1. The molecule has 1 amide bonds. The van der Waals surface area contributed by atoms with Crippen LogP contribution in [0.4, 0.5) is 5.13 Å². The van der Waals surface area contributed by atoms with Crippen LogP contribution in [0, 0.1) is 6.92 Å². The lowest BCUT2D eigenvalue weighted by Gasteiger charge is -2.07. The van der Waals surface area contributed by atoms with E-state index in [2.05, 4.69) is 20.5 Å². The number of nitrogens with one attached hydrogen (secondary N) is 1. The molecule has 3 rings (SSSR count). The number of hydrogen-bond acceptors (Lipinski definition) is 6. The number of aromatic nitrogens is 3. The molecule has 0 bridgehead atoms. The van der Waals surface area contributed by atoms with E-state index in [4.69, 9.17) is 0 Å². The normalized spacial score (nSPS) is 10.8. The second-order valence-corrected chi connectivity index (χ2v) is 6.39. The number of aryl methyl sites for hydroxylation is 1. The molecule has 0 fully saturated rings. The van der Waals surface area contributed by atoms with E-state index < -0.39 is 0 Å². The Morgan fingerprint density at radius 3 is 2.86 bits per heavy atom. The Morgan fingerprint density at radius 1 is 1.29 bits per heavy atom. The molecular weight excluding hydrogens is 304 g/mol. The molecular formula is C14H12N4OS2. The van der Waals surface area contributed by atoms with E-state index in [-0.39, 0.29) is 5.91 Å². The second-order valence-electron chi connectivity index (χ2n) is 4.36. The van der Waals surface area contributed by atoms with Gasteiger partial charge in [-0.2, -0.15) is 0 Å². The summed E-state index contributed by atoms with van der Waals surface area (Å²) in [5.74, 6) is -0.194. The minimum Gasteiger partial charge on any atom is -0.296 e. The topological polar surface area (TPSA) is 67.8 Å². The number of pyridine rings is 1. The van der Waals surface area contributed by atoms with Crippen molar-refractivity contribution < 1.29 is 4.79 Å². The van der Waals surface area contributed by atoms with Crippen LogP contribution >= 0.6 is 23.1 Å². The van der Waals surface area contributed by atoms with Crippen LogP contribution in [-0.4, -0.2) is 27.3 Å². The van der Waals surface area contributed by atoms with Crippen LogP contribution in [0.3, 0.4) is 0 Å². The third-order valence-corrected chi connectivity index (χ3v) is 4.70. The van der Waals surface area contributed by atoms with Gasteiger partial charge in [-0.1, -0.05) is 41.3 Å². The van der Waals surface area contributed by atoms with Gasteiger partial charge in [0, 0.05) is 11.1 Å². The first-order valence-corrected chi connectivity index (χ1v) is 8.27. The number of nitrogens with zero attached hydrogens (tertiary/aromatic N) is 3. The molecule has 0 radical (unpaired) electrons. The maximum atomic E-state index is 12.5. The fraction of sp³-hybridized carbons (Fsp3) is 0.143. The molecule has 0 unspecified atom stereocenters. The number of carbonyl (C=O) groups is 1. The van der Waals surface area contributed by atoms with Gasteiger partial charge in [-0.25, -0.2) is 0 Å². The fourth-order valence-corrected chi connectivity index (χ4v) is 3.17. The molecule has 21 heavy (non-hydrogen) atoms. The standard InChI is InChI=1S/C14H12N4OS2/c1-8-7-10(9-5-3-4-6-11(9)15-8)12(19)16-13-17-18-14(20-2)21-13/h3-7H,1-2H3,(H,16,17,19). The van der Waals surface area contributed by atoms with Crippen molar-refractivity contribution in [2.24, 2.45) is 0 Å². The molecule has 5 nitrogen and oxygen atoms in total. The van der Waals surface area contributed by atoms with Crippen molar-refractivity contribution in [1.82, 2.24) is 15.2 Å². The summed E-state index contributed by atoms with van der Waals surface area (Å²) in [6.07, 6.45) is 1.92. The SMILES string of the molecule is CSc1nnc(NC(=O)c2cc(C)nc3ccccc23)s1. The van der Waals surface area contributed by atoms with Gasteiger partial charge in [0.1, 0.15) is 0 Å². The number of rotatable bonds is 3. The van der Waals surface area contributed by atoms with Gasteiger partial charge in [0.05, 0.1) is 11.1 Å². The van der Waals surface area contributed by atoms with E-state index in [0.717, 1.165) is 20.9 Å². The third kappa shape index (κ3) is 2.88. The first kappa shape index (κ1) is 14.0. The Kier molecular flexibility index (Phi) is 3.85. The van der Waals surface area contributed by atoms with Gasteiger partial charge in [-0.15, -0.1) is 10.2 Å². The van der Waals surface area contributed by atoms with Crippen molar-refractivity contribution in [2.45, 2.75) is 11.3 Å². The minimum absolute atomic E-state index is 0.194. The van der Waals surface area contributed by atoms with E-state index in [1.165, 1.54) is 23.1 Å². The van der Waals surface area contributed by atoms with Gasteiger partial charge in [-0.3, -0.25) is 15.1 Å². The monoisotopic (exact) mass is 316 g/mol. The van der Waals surface area contributed by atoms with Gasteiger partial charge in [0.25, 0.3) is 5.91 Å². The molecule has 0 saturated carbocycles. The van der Waals surface area contributed by atoms with Crippen molar-refractivity contribution in [1.29, 1.82) is 0 Å². The Morgan fingerprint density at radius 2 is 2.10 bits per heavy atom. The van der Waals surface area contributed by atoms with E-state index >= 15 is 0 Å². The number of para-hydroxylation sites is 1. The molecule has 1 N–H and O–H groups in total. The van der Waals surface area contributed by atoms with Gasteiger partial charge in [-0.05, 0) is 25.3 Å². The van der Waals surface area contributed by atoms with Gasteiger partial charge >= 0.3 is 0 Å². The average molecular weight is 316 g/mol. The number of carbonyl (C=O) groups excluding carboxylic acids is 1. The predicted molar refractivity (Wildman–Crippen MR) is 86.1 cm³/mol. The van der Waals surface area contributed by atoms with Crippen molar-refractivity contribution >= 4 is 45.0 Å². The third-order valence-electron chi connectivity index (χ3n) is 2.89. The fourth-order valence-electron chi connectivity index (χ4n) is 2.00. The summed E-state index contributed by atoms with van der Waals surface area (Å²) in [5.41, 5.74) is 2.21. The maximum absolute atomic E-state index is 12.5. The lowest BCUT2D eigenvalue weighted by atomic mass is 10.1. The highest BCUT2D eigenvalue weighted by Gasteiger charge is 2.14. The summed E-state index contributed by atoms with van der Waals surface area (Å²) in [6, 6.07) is 9.38. The minimum atomic E-state index is -0.194. The molecule has 0 aliphatic rings. The van der Waals surface area contributed by atoms with Crippen molar-refractivity contribution in [3.8, 4) is 0 Å². The molecule has 3 aromatic rings. The van der Waals surface area contributed by atoms with Crippen LogP contribution in [-0.2, 0) is 0 Å². The average Bonchev–Trinajstić information content (AvgIpc) is 2.94. The van der Waals surface area contributed by atoms with Crippen LogP contribution < -0.4 is 5.32 Å². The highest BCUT2D eigenvalue weighted by molar-refractivity contribution is 8.00. The summed E-state index contributed by atoms with van der Waals surface area (Å²) in [7, 11) is 0. The molecule has 1 aromatic carbocycles. The molecule has 2 aromatic heterocycles. The Balaban J connectivity index is 1.97. The molecule has 106 valence electrons. The first-order chi connectivity index (χ1) is 10.2. The van der Waals surface area contributed by atoms with Crippen LogP contribution in [0.25, 0.3) is 10.9 Å². The number of fused-ring (bicyclic) bond motifs is 1. The van der Waals surface area contributed by atoms with Gasteiger partial charge in [0.2, 0.25) is 5.13 Å². The highest BCUT2D eigenvalue weighted by Crippen LogP contribution is 2.24. The molecule has 0 saturated heterocycles. The van der Waals surface area contributed by atoms with E-state index in [1.807, 2.05) is 37.4 Å². The van der Waals surface area contributed by atoms with Gasteiger partial charge < -0.3 is 0 Å². The van der Waals surface area contributed by atoms with E-state index in [1.54, 1.807) is 6.07 Å². The predicted octanol–water partition coefficient (Wildman–Crippen LogP) is 3.37. The zero-order valence-corrected chi connectivity index (χ0v) is 13.1. The summed E-state index contributed by atoms with van der Waals surface area (Å²) >= 11 is 2.86. The van der Waals surface area contributed by atoms with Crippen molar-refractivity contribution in [2.75, 3.05) is 11.6 Å². The first-order valence-electron chi connectivity index (χ1n) is 6.22. The van der Waals surface area contributed by atoms with E-state index in [0.29, 0.717) is 10.7 Å². The second kappa shape index (κ2) is 5.79. The van der Waals surface area contributed by atoms with Crippen LogP contribution in [0.1, 0.15) is 16.1 Å². The largest absolute Gasteiger partial charge is 0.296 e. The summed E-state index contributed by atoms with van der Waals surface area (Å²) in [6.45, 7) is 1.87. The number of benzene rings is 1. The molecule has 0 aliphatic carbocycles. The smallest absolute Gasteiger partial charge is 0.258 e. The Labute approximate surface area is 129 Å². The Bertz CT molecular complexity index is 816.